The van der Waals surface area contributed by atoms with Crippen LogP contribution in [0.3, 0.4) is 0 Å². The van der Waals surface area contributed by atoms with Gasteiger partial charge in [-0.05, 0) is 25.2 Å². The summed E-state index contributed by atoms with van der Waals surface area (Å²) in [7, 11) is 0. The summed E-state index contributed by atoms with van der Waals surface area (Å²) < 4.78 is 5.10. The minimum Gasteiger partial charge on any atom is -0.481 e. The molecular formula is C11H23NO. The van der Waals surface area contributed by atoms with Crippen molar-refractivity contribution in [3.8, 4) is 0 Å². The van der Waals surface area contributed by atoms with Gasteiger partial charge in [0, 0.05) is 6.42 Å². The molecule has 0 bridgehead atoms. The average molecular weight is 185 g/mol. The monoisotopic (exact) mass is 185 g/mol. The van der Waals surface area contributed by atoms with E-state index in [1.54, 1.807) is 0 Å². The molecule has 0 amide bonds. The summed E-state index contributed by atoms with van der Waals surface area (Å²) in [6.07, 6.45) is 3.24. The van der Waals surface area contributed by atoms with Gasteiger partial charge in [-0.3, -0.25) is 5.41 Å². The highest BCUT2D eigenvalue weighted by Crippen LogP contribution is 2.15. The van der Waals surface area contributed by atoms with Crippen molar-refractivity contribution in [2.24, 2.45) is 11.8 Å². The van der Waals surface area contributed by atoms with Gasteiger partial charge in [-0.25, -0.2) is 0 Å². The van der Waals surface area contributed by atoms with E-state index in [0.29, 0.717) is 18.4 Å². The quantitative estimate of drug-likeness (QED) is 0.499. The van der Waals surface area contributed by atoms with E-state index in [9.17, 15) is 0 Å². The lowest BCUT2D eigenvalue weighted by molar-refractivity contribution is 0.302. The van der Waals surface area contributed by atoms with Crippen LogP contribution in [0, 0.1) is 17.2 Å². The van der Waals surface area contributed by atoms with Gasteiger partial charge in [0.05, 0.1) is 6.61 Å². The molecule has 1 atom stereocenters. The number of ether oxygens (including phenoxy) is 1. The molecule has 0 saturated heterocycles. The van der Waals surface area contributed by atoms with E-state index in [4.69, 9.17) is 10.1 Å². The largest absolute Gasteiger partial charge is 0.481 e. The Balaban J connectivity index is 3.49. The SMILES string of the molecule is CCOC(=N)CC(C)CCC(C)C. The maximum absolute atomic E-state index is 7.48. The van der Waals surface area contributed by atoms with Gasteiger partial charge >= 0.3 is 0 Å². The molecule has 0 aromatic carbocycles. The summed E-state index contributed by atoms with van der Waals surface area (Å²) in [5.74, 6) is 1.80. The summed E-state index contributed by atoms with van der Waals surface area (Å²) in [6.45, 7) is 9.21. The van der Waals surface area contributed by atoms with E-state index >= 15 is 0 Å². The van der Waals surface area contributed by atoms with E-state index in [1.165, 1.54) is 12.8 Å². The van der Waals surface area contributed by atoms with Crippen molar-refractivity contribution in [3.05, 3.63) is 0 Å². The molecule has 0 heterocycles. The minimum atomic E-state index is 0.443. The number of nitrogens with one attached hydrogen (secondary N) is 1. The van der Waals surface area contributed by atoms with Gasteiger partial charge in [-0.2, -0.15) is 0 Å². The predicted octanol–water partition coefficient (Wildman–Crippen LogP) is 3.46. The number of hydrogen-bond donors (Lipinski definition) is 1. The van der Waals surface area contributed by atoms with E-state index < -0.39 is 0 Å². The van der Waals surface area contributed by atoms with Crippen molar-refractivity contribution in [2.75, 3.05) is 6.61 Å². The van der Waals surface area contributed by atoms with Gasteiger partial charge in [0.15, 0.2) is 5.90 Å². The van der Waals surface area contributed by atoms with Crippen molar-refractivity contribution < 1.29 is 4.74 Å². The Hall–Kier alpha value is -0.530. The minimum absolute atomic E-state index is 0.443. The van der Waals surface area contributed by atoms with Crippen LogP contribution in [0.4, 0.5) is 0 Å². The zero-order chi connectivity index (χ0) is 10.3. The molecule has 0 aromatic rings. The van der Waals surface area contributed by atoms with Crippen molar-refractivity contribution in [3.63, 3.8) is 0 Å². The van der Waals surface area contributed by atoms with Crippen LogP contribution in [0.1, 0.15) is 47.0 Å². The summed E-state index contributed by atoms with van der Waals surface area (Å²) in [5, 5.41) is 7.48. The van der Waals surface area contributed by atoms with E-state index in [2.05, 4.69) is 20.8 Å². The first kappa shape index (κ1) is 12.5. The third-order valence-electron chi connectivity index (χ3n) is 2.09. The van der Waals surface area contributed by atoms with Crippen molar-refractivity contribution >= 4 is 5.90 Å². The van der Waals surface area contributed by atoms with Crippen LogP contribution in [-0.4, -0.2) is 12.5 Å². The Morgan fingerprint density at radius 2 is 1.85 bits per heavy atom. The first-order valence-corrected chi connectivity index (χ1v) is 5.26. The Bertz CT molecular complexity index is 143. The van der Waals surface area contributed by atoms with Crippen LogP contribution >= 0.6 is 0 Å². The molecule has 78 valence electrons. The Morgan fingerprint density at radius 3 is 2.31 bits per heavy atom. The second-order valence-corrected chi connectivity index (χ2v) is 4.14. The molecule has 0 spiro atoms. The molecule has 0 fully saturated rings. The maximum atomic E-state index is 7.48. The lowest BCUT2D eigenvalue weighted by atomic mass is 9.97. The molecule has 0 aliphatic rings. The fraction of sp³-hybridized carbons (Fsp3) is 0.909. The van der Waals surface area contributed by atoms with Crippen molar-refractivity contribution in [1.29, 1.82) is 5.41 Å². The molecule has 0 radical (unpaired) electrons. The first-order valence-electron chi connectivity index (χ1n) is 5.26. The smallest absolute Gasteiger partial charge is 0.180 e. The molecule has 2 heteroatoms. The molecule has 0 saturated carbocycles. The zero-order valence-electron chi connectivity index (χ0n) is 9.39. The lowest BCUT2D eigenvalue weighted by Crippen LogP contribution is -2.09. The normalized spacial score (nSPS) is 13.0. The van der Waals surface area contributed by atoms with Crippen LogP contribution in [0.15, 0.2) is 0 Å². The molecule has 0 rings (SSSR count). The Labute approximate surface area is 82.2 Å². The van der Waals surface area contributed by atoms with Gasteiger partial charge in [0.1, 0.15) is 0 Å². The van der Waals surface area contributed by atoms with Gasteiger partial charge in [0.25, 0.3) is 0 Å². The molecule has 1 N–H and O–H groups in total. The number of rotatable bonds is 6. The third kappa shape index (κ3) is 7.82. The highest BCUT2D eigenvalue weighted by atomic mass is 16.5. The standard InChI is InChI=1S/C11H23NO/c1-5-13-11(12)8-10(4)7-6-9(2)3/h9-10,12H,5-8H2,1-4H3. The van der Waals surface area contributed by atoms with E-state index in [-0.39, 0.29) is 0 Å². The highest BCUT2D eigenvalue weighted by Gasteiger charge is 2.07. The number of hydrogen-bond acceptors (Lipinski definition) is 2. The summed E-state index contributed by atoms with van der Waals surface area (Å²) in [6, 6.07) is 0. The fourth-order valence-electron chi connectivity index (χ4n) is 1.27. The van der Waals surface area contributed by atoms with Gasteiger partial charge < -0.3 is 4.74 Å². The molecule has 1 unspecified atom stereocenters. The zero-order valence-corrected chi connectivity index (χ0v) is 9.39. The summed E-state index contributed by atoms with van der Waals surface area (Å²) in [5.41, 5.74) is 0. The first-order chi connectivity index (χ1) is 6.06. The molecule has 0 aromatic heterocycles. The molecule has 0 aliphatic heterocycles. The molecular weight excluding hydrogens is 162 g/mol. The third-order valence-corrected chi connectivity index (χ3v) is 2.09. The average Bonchev–Trinajstić information content (AvgIpc) is 2.01. The van der Waals surface area contributed by atoms with Crippen LogP contribution < -0.4 is 0 Å². The van der Waals surface area contributed by atoms with Crippen LogP contribution in [-0.2, 0) is 4.74 Å². The second kappa shape index (κ2) is 6.93. The van der Waals surface area contributed by atoms with Crippen molar-refractivity contribution in [2.45, 2.75) is 47.0 Å². The summed E-state index contributed by atoms with van der Waals surface area (Å²) in [4.78, 5) is 0. The Kier molecular flexibility index (Phi) is 6.65. The highest BCUT2D eigenvalue weighted by molar-refractivity contribution is 5.72. The van der Waals surface area contributed by atoms with Crippen LogP contribution in [0.25, 0.3) is 0 Å². The van der Waals surface area contributed by atoms with E-state index in [0.717, 1.165) is 12.3 Å². The summed E-state index contributed by atoms with van der Waals surface area (Å²) >= 11 is 0. The van der Waals surface area contributed by atoms with Gasteiger partial charge in [0.2, 0.25) is 0 Å². The molecule has 13 heavy (non-hydrogen) atoms. The fourth-order valence-corrected chi connectivity index (χ4v) is 1.27. The van der Waals surface area contributed by atoms with Crippen molar-refractivity contribution in [1.82, 2.24) is 0 Å². The van der Waals surface area contributed by atoms with E-state index in [1.807, 2.05) is 6.92 Å². The van der Waals surface area contributed by atoms with Crippen LogP contribution in [0.2, 0.25) is 0 Å². The topological polar surface area (TPSA) is 33.1 Å². The van der Waals surface area contributed by atoms with Gasteiger partial charge in [-0.1, -0.05) is 27.2 Å². The second-order valence-electron chi connectivity index (χ2n) is 4.14. The van der Waals surface area contributed by atoms with Crippen LogP contribution in [0.5, 0.6) is 0 Å². The lowest BCUT2D eigenvalue weighted by Gasteiger charge is -2.13. The predicted molar refractivity (Wildman–Crippen MR) is 57.2 cm³/mol. The van der Waals surface area contributed by atoms with Gasteiger partial charge in [-0.15, -0.1) is 0 Å². The molecule has 2 nitrogen and oxygen atoms in total. The molecule has 0 aliphatic carbocycles. The Morgan fingerprint density at radius 1 is 1.23 bits per heavy atom. The maximum Gasteiger partial charge on any atom is 0.180 e.